The maximum Gasteiger partial charge on any atom is 0.133 e. The standard InChI is InChI=1S/C15H20N4/c1-3-19(11-13-5-7-17-8-6-13)15-14(10-16)12(2)4-9-18-15/h4-9H,3,10-11,16H2,1-2H3. The lowest BCUT2D eigenvalue weighted by molar-refractivity contribution is 0.798. The second kappa shape index (κ2) is 6.29. The summed E-state index contributed by atoms with van der Waals surface area (Å²) < 4.78 is 0. The number of nitrogens with two attached hydrogens (primary N) is 1. The quantitative estimate of drug-likeness (QED) is 0.891. The molecule has 2 heterocycles. The van der Waals surface area contributed by atoms with Crippen molar-refractivity contribution in [2.45, 2.75) is 26.9 Å². The van der Waals surface area contributed by atoms with Crippen LogP contribution in [0.3, 0.4) is 0 Å². The highest BCUT2D eigenvalue weighted by Crippen LogP contribution is 2.21. The summed E-state index contributed by atoms with van der Waals surface area (Å²) >= 11 is 0. The van der Waals surface area contributed by atoms with E-state index >= 15 is 0 Å². The molecule has 0 saturated carbocycles. The molecule has 0 aliphatic heterocycles. The summed E-state index contributed by atoms with van der Waals surface area (Å²) in [5, 5.41) is 0. The van der Waals surface area contributed by atoms with Gasteiger partial charge in [-0.1, -0.05) is 0 Å². The van der Waals surface area contributed by atoms with E-state index in [1.54, 1.807) is 0 Å². The lowest BCUT2D eigenvalue weighted by atomic mass is 10.1. The molecule has 2 rings (SSSR count). The van der Waals surface area contributed by atoms with Crippen LogP contribution >= 0.6 is 0 Å². The zero-order valence-corrected chi connectivity index (χ0v) is 11.5. The molecule has 0 fully saturated rings. The maximum absolute atomic E-state index is 5.86. The fraction of sp³-hybridized carbons (Fsp3) is 0.333. The lowest BCUT2D eigenvalue weighted by Gasteiger charge is -2.25. The summed E-state index contributed by atoms with van der Waals surface area (Å²) in [6.07, 6.45) is 5.48. The molecule has 0 amide bonds. The first-order valence-electron chi connectivity index (χ1n) is 6.54. The van der Waals surface area contributed by atoms with Crippen LogP contribution in [0.2, 0.25) is 0 Å². The van der Waals surface area contributed by atoms with Crippen LogP contribution in [0.1, 0.15) is 23.6 Å². The van der Waals surface area contributed by atoms with Crippen LogP contribution in [0.25, 0.3) is 0 Å². The first kappa shape index (κ1) is 13.5. The van der Waals surface area contributed by atoms with Gasteiger partial charge in [-0.25, -0.2) is 4.98 Å². The van der Waals surface area contributed by atoms with Crippen molar-refractivity contribution in [1.29, 1.82) is 0 Å². The minimum Gasteiger partial charge on any atom is -0.352 e. The van der Waals surface area contributed by atoms with Gasteiger partial charge in [0.1, 0.15) is 5.82 Å². The fourth-order valence-corrected chi connectivity index (χ4v) is 2.14. The third kappa shape index (κ3) is 3.09. The van der Waals surface area contributed by atoms with Gasteiger partial charge in [0, 0.05) is 43.8 Å². The molecule has 2 aromatic heterocycles. The van der Waals surface area contributed by atoms with E-state index in [1.165, 1.54) is 11.1 Å². The Morgan fingerprint density at radius 2 is 1.89 bits per heavy atom. The molecule has 100 valence electrons. The van der Waals surface area contributed by atoms with Crippen molar-refractivity contribution in [3.8, 4) is 0 Å². The Morgan fingerprint density at radius 3 is 2.53 bits per heavy atom. The zero-order chi connectivity index (χ0) is 13.7. The number of aromatic nitrogens is 2. The number of hydrogen-bond donors (Lipinski definition) is 1. The number of aryl methyl sites for hydroxylation is 1. The highest BCUT2D eigenvalue weighted by atomic mass is 15.2. The molecule has 2 N–H and O–H groups in total. The third-order valence-corrected chi connectivity index (χ3v) is 3.28. The van der Waals surface area contributed by atoms with Crippen LogP contribution < -0.4 is 10.6 Å². The predicted molar refractivity (Wildman–Crippen MR) is 77.8 cm³/mol. The summed E-state index contributed by atoms with van der Waals surface area (Å²) in [6, 6.07) is 6.06. The number of pyridine rings is 2. The summed E-state index contributed by atoms with van der Waals surface area (Å²) in [4.78, 5) is 10.8. The van der Waals surface area contributed by atoms with Gasteiger partial charge in [-0.15, -0.1) is 0 Å². The maximum atomic E-state index is 5.86. The van der Waals surface area contributed by atoms with Gasteiger partial charge in [0.15, 0.2) is 0 Å². The molecule has 0 aliphatic carbocycles. The SMILES string of the molecule is CCN(Cc1ccncc1)c1nccc(C)c1CN. The van der Waals surface area contributed by atoms with Gasteiger partial charge in [0.05, 0.1) is 0 Å². The Hall–Kier alpha value is -1.94. The number of anilines is 1. The lowest BCUT2D eigenvalue weighted by Crippen LogP contribution is -2.25. The van der Waals surface area contributed by atoms with E-state index in [0.29, 0.717) is 6.54 Å². The monoisotopic (exact) mass is 256 g/mol. The van der Waals surface area contributed by atoms with Gasteiger partial charge in [-0.05, 0) is 43.2 Å². The summed E-state index contributed by atoms with van der Waals surface area (Å²) in [7, 11) is 0. The normalized spacial score (nSPS) is 10.5. The van der Waals surface area contributed by atoms with E-state index in [1.807, 2.05) is 36.8 Å². The van der Waals surface area contributed by atoms with Gasteiger partial charge in [0.2, 0.25) is 0 Å². The largest absolute Gasteiger partial charge is 0.352 e. The Labute approximate surface area is 114 Å². The molecule has 0 aliphatic rings. The van der Waals surface area contributed by atoms with Crippen molar-refractivity contribution in [3.63, 3.8) is 0 Å². The molecule has 0 aromatic carbocycles. The van der Waals surface area contributed by atoms with E-state index < -0.39 is 0 Å². The van der Waals surface area contributed by atoms with Gasteiger partial charge in [-0.3, -0.25) is 4.98 Å². The van der Waals surface area contributed by atoms with Crippen molar-refractivity contribution in [3.05, 3.63) is 53.5 Å². The van der Waals surface area contributed by atoms with Crippen molar-refractivity contribution in [2.24, 2.45) is 5.73 Å². The molecule has 0 atom stereocenters. The minimum absolute atomic E-state index is 0.516. The Morgan fingerprint density at radius 1 is 1.16 bits per heavy atom. The topological polar surface area (TPSA) is 55.0 Å². The van der Waals surface area contributed by atoms with E-state index in [-0.39, 0.29) is 0 Å². The van der Waals surface area contributed by atoms with E-state index in [0.717, 1.165) is 24.5 Å². The molecule has 19 heavy (non-hydrogen) atoms. The van der Waals surface area contributed by atoms with E-state index in [9.17, 15) is 0 Å². The molecule has 0 bridgehead atoms. The van der Waals surface area contributed by atoms with Gasteiger partial charge < -0.3 is 10.6 Å². The van der Waals surface area contributed by atoms with Crippen molar-refractivity contribution in [2.75, 3.05) is 11.4 Å². The summed E-state index contributed by atoms with van der Waals surface area (Å²) in [5.41, 5.74) is 9.40. The fourth-order valence-electron chi connectivity index (χ4n) is 2.14. The minimum atomic E-state index is 0.516. The average Bonchev–Trinajstić information content (AvgIpc) is 2.45. The summed E-state index contributed by atoms with van der Waals surface area (Å²) in [5.74, 6) is 0.988. The van der Waals surface area contributed by atoms with Crippen LogP contribution in [-0.2, 0) is 13.1 Å². The highest BCUT2D eigenvalue weighted by molar-refractivity contribution is 5.50. The molecular formula is C15H20N4. The molecular weight excluding hydrogens is 236 g/mol. The van der Waals surface area contributed by atoms with E-state index in [4.69, 9.17) is 5.73 Å². The van der Waals surface area contributed by atoms with Crippen LogP contribution in [0.15, 0.2) is 36.8 Å². The molecule has 0 saturated heterocycles. The Balaban J connectivity index is 2.30. The summed E-state index contributed by atoms with van der Waals surface area (Å²) in [6.45, 7) is 6.44. The third-order valence-electron chi connectivity index (χ3n) is 3.28. The average molecular weight is 256 g/mol. The number of rotatable bonds is 5. The zero-order valence-electron chi connectivity index (χ0n) is 11.5. The molecule has 4 heteroatoms. The smallest absolute Gasteiger partial charge is 0.133 e. The molecule has 2 aromatic rings. The van der Waals surface area contributed by atoms with Crippen LogP contribution in [-0.4, -0.2) is 16.5 Å². The van der Waals surface area contributed by atoms with Crippen LogP contribution in [0.4, 0.5) is 5.82 Å². The first-order valence-corrected chi connectivity index (χ1v) is 6.54. The Bertz CT molecular complexity index is 525. The number of nitrogens with zero attached hydrogens (tertiary/aromatic N) is 3. The second-order valence-corrected chi connectivity index (χ2v) is 4.50. The Kier molecular flexibility index (Phi) is 4.47. The molecule has 0 spiro atoms. The van der Waals surface area contributed by atoms with Gasteiger partial charge >= 0.3 is 0 Å². The van der Waals surface area contributed by atoms with Crippen LogP contribution in [0, 0.1) is 6.92 Å². The van der Waals surface area contributed by atoms with Crippen LogP contribution in [0.5, 0.6) is 0 Å². The van der Waals surface area contributed by atoms with Crippen molar-refractivity contribution in [1.82, 2.24) is 9.97 Å². The van der Waals surface area contributed by atoms with Gasteiger partial charge in [0.25, 0.3) is 0 Å². The first-order chi connectivity index (χ1) is 9.26. The van der Waals surface area contributed by atoms with Gasteiger partial charge in [-0.2, -0.15) is 0 Å². The number of hydrogen-bond acceptors (Lipinski definition) is 4. The predicted octanol–water partition coefficient (Wildman–Crippen LogP) is 2.27. The molecule has 4 nitrogen and oxygen atoms in total. The van der Waals surface area contributed by atoms with Crippen molar-refractivity contribution >= 4 is 5.82 Å². The molecule has 0 unspecified atom stereocenters. The van der Waals surface area contributed by atoms with E-state index in [2.05, 4.69) is 28.7 Å². The second-order valence-electron chi connectivity index (χ2n) is 4.50. The van der Waals surface area contributed by atoms with Crippen molar-refractivity contribution < 1.29 is 0 Å². The highest BCUT2D eigenvalue weighted by Gasteiger charge is 2.12. The molecule has 0 radical (unpaired) electrons.